The Labute approximate surface area is 127 Å². The van der Waals surface area contributed by atoms with Crippen LogP contribution in [0, 0.1) is 5.82 Å². The third-order valence-corrected chi connectivity index (χ3v) is 4.15. The van der Waals surface area contributed by atoms with Gasteiger partial charge < -0.3 is 15.2 Å². The van der Waals surface area contributed by atoms with Crippen molar-refractivity contribution >= 4 is 39.6 Å². The Kier molecular flexibility index (Phi) is 4.87. The highest BCUT2D eigenvalue weighted by molar-refractivity contribution is 9.10. The summed E-state index contributed by atoms with van der Waals surface area (Å²) in [6.07, 6.45) is 0. The van der Waals surface area contributed by atoms with Crippen molar-refractivity contribution in [3.05, 3.63) is 28.0 Å². The zero-order valence-electron chi connectivity index (χ0n) is 10.2. The van der Waals surface area contributed by atoms with E-state index in [1.165, 1.54) is 6.07 Å². The van der Waals surface area contributed by atoms with E-state index in [0.29, 0.717) is 15.8 Å². The molecule has 2 N–H and O–H groups in total. The van der Waals surface area contributed by atoms with Gasteiger partial charge in [0.05, 0.1) is 22.0 Å². The highest BCUT2D eigenvalue weighted by atomic mass is 79.9. The molecule has 0 bridgehead atoms. The third kappa shape index (κ3) is 3.63. The fraction of sp³-hybridized carbons (Fsp3) is 0.333. The van der Waals surface area contributed by atoms with Gasteiger partial charge in [0.1, 0.15) is 18.2 Å². The molecule has 1 aliphatic heterocycles. The fourth-order valence-electron chi connectivity index (χ4n) is 1.79. The summed E-state index contributed by atoms with van der Waals surface area (Å²) in [5, 5.41) is 11.2. The second-order valence-corrected chi connectivity index (χ2v) is 5.96. The zero-order chi connectivity index (χ0) is 14.7. The molecule has 20 heavy (non-hydrogen) atoms. The number of carbonyl (C=O) groups is 2. The molecule has 1 aromatic carbocycles. The largest absolute Gasteiger partial charge is 0.491 e. The predicted octanol–water partition coefficient (Wildman–Crippen LogP) is 1.96. The number of amides is 1. The number of aliphatic carboxylic acids is 1. The van der Waals surface area contributed by atoms with Crippen molar-refractivity contribution in [3.63, 3.8) is 0 Å². The lowest BCUT2D eigenvalue weighted by Crippen LogP contribution is -2.31. The first-order valence-electron chi connectivity index (χ1n) is 5.68. The molecule has 1 heterocycles. The number of fused-ring (bicyclic) bond motifs is 1. The number of rotatable bonds is 5. The lowest BCUT2D eigenvalue weighted by atomic mass is 10.1. The van der Waals surface area contributed by atoms with Crippen LogP contribution >= 0.6 is 27.7 Å². The Bertz CT molecular complexity index is 555. The van der Waals surface area contributed by atoms with E-state index in [9.17, 15) is 14.0 Å². The molecule has 8 heteroatoms. The smallest absolute Gasteiger partial charge is 0.313 e. The first kappa shape index (κ1) is 15.1. The van der Waals surface area contributed by atoms with Crippen LogP contribution in [0.5, 0.6) is 5.75 Å². The first-order chi connectivity index (χ1) is 9.47. The molecule has 1 unspecified atom stereocenters. The van der Waals surface area contributed by atoms with Crippen LogP contribution in [0.1, 0.15) is 11.6 Å². The Hall–Kier alpha value is -1.28. The maximum Gasteiger partial charge on any atom is 0.313 e. The second kappa shape index (κ2) is 6.45. The van der Waals surface area contributed by atoms with Crippen LogP contribution in [-0.4, -0.2) is 35.1 Å². The van der Waals surface area contributed by atoms with Crippen molar-refractivity contribution in [2.24, 2.45) is 0 Å². The number of hydrogen-bond acceptors (Lipinski definition) is 4. The average Bonchev–Trinajstić information content (AvgIpc) is 2.72. The highest BCUT2D eigenvalue weighted by Gasteiger charge is 2.27. The van der Waals surface area contributed by atoms with Gasteiger partial charge in [-0.05, 0) is 22.0 Å². The van der Waals surface area contributed by atoms with Crippen LogP contribution in [-0.2, 0) is 9.59 Å². The van der Waals surface area contributed by atoms with Gasteiger partial charge in [0.25, 0.3) is 0 Å². The molecule has 1 aliphatic rings. The fourth-order valence-corrected chi connectivity index (χ4v) is 2.70. The maximum absolute atomic E-state index is 13.3. The Morgan fingerprint density at radius 3 is 2.95 bits per heavy atom. The molecule has 0 spiro atoms. The summed E-state index contributed by atoms with van der Waals surface area (Å²) in [6, 6.07) is 2.50. The van der Waals surface area contributed by atoms with Crippen LogP contribution < -0.4 is 10.1 Å². The molecule has 1 aromatic rings. The molecule has 0 saturated heterocycles. The van der Waals surface area contributed by atoms with Gasteiger partial charge in [-0.3, -0.25) is 9.59 Å². The molecule has 5 nitrogen and oxygen atoms in total. The molecule has 1 atom stereocenters. The van der Waals surface area contributed by atoms with Crippen molar-refractivity contribution in [2.75, 3.05) is 18.1 Å². The van der Waals surface area contributed by atoms with Crippen molar-refractivity contribution < 1.29 is 23.8 Å². The van der Waals surface area contributed by atoms with Crippen molar-refractivity contribution in [2.45, 2.75) is 6.04 Å². The lowest BCUT2D eigenvalue weighted by molar-refractivity contribution is -0.133. The predicted molar refractivity (Wildman–Crippen MR) is 75.4 cm³/mol. The van der Waals surface area contributed by atoms with Gasteiger partial charge in [-0.15, -0.1) is 11.8 Å². The van der Waals surface area contributed by atoms with Gasteiger partial charge in [-0.2, -0.15) is 0 Å². The molecule has 1 amide bonds. The van der Waals surface area contributed by atoms with Crippen LogP contribution in [0.3, 0.4) is 0 Å². The van der Waals surface area contributed by atoms with E-state index < -0.39 is 11.8 Å². The minimum Gasteiger partial charge on any atom is -0.491 e. The summed E-state index contributed by atoms with van der Waals surface area (Å²) in [7, 11) is 0. The van der Waals surface area contributed by atoms with Crippen molar-refractivity contribution in [1.29, 1.82) is 0 Å². The van der Waals surface area contributed by atoms with E-state index in [4.69, 9.17) is 9.84 Å². The van der Waals surface area contributed by atoms with Crippen molar-refractivity contribution in [3.8, 4) is 5.75 Å². The highest BCUT2D eigenvalue weighted by Crippen LogP contribution is 2.35. The summed E-state index contributed by atoms with van der Waals surface area (Å²) in [4.78, 5) is 22.0. The molecule has 108 valence electrons. The number of hydrogen-bond donors (Lipinski definition) is 2. The molecule has 0 fully saturated rings. The molecule has 0 saturated carbocycles. The van der Waals surface area contributed by atoms with Gasteiger partial charge in [-0.1, -0.05) is 0 Å². The summed E-state index contributed by atoms with van der Waals surface area (Å²) < 4.78 is 19.0. The maximum atomic E-state index is 13.3. The number of thioether (sulfide) groups is 1. The number of carboxylic acids is 1. The standard InChI is InChI=1S/C12H11BrFNO4S/c13-7-1-6-9(3-19-10(6)2-8(7)14)15-11(16)4-20-5-12(17)18/h1-2,9H,3-5H2,(H,15,16)(H,17,18). The Morgan fingerprint density at radius 1 is 1.50 bits per heavy atom. The topological polar surface area (TPSA) is 75.6 Å². The zero-order valence-corrected chi connectivity index (χ0v) is 12.6. The molecule has 2 rings (SSSR count). The number of carboxylic acid groups (broad SMARTS) is 1. The van der Waals surface area contributed by atoms with E-state index >= 15 is 0 Å². The number of benzene rings is 1. The van der Waals surface area contributed by atoms with E-state index in [1.54, 1.807) is 6.07 Å². The Morgan fingerprint density at radius 2 is 2.25 bits per heavy atom. The van der Waals surface area contributed by atoms with Gasteiger partial charge in [-0.25, -0.2) is 4.39 Å². The molecular formula is C12H11BrFNO4S. The van der Waals surface area contributed by atoms with Gasteiger partial charge in [0.15, 0.2) is 0 Å². The number of nitrogens with one attached hydrogen (secondary N) is 1. The van der Waals surface area contributed by atoms with Crippen molar-refractivity contribution in [1.82, 2.24) is 5.32 Å². The van der Waals surface area contributed by atoms with Crippen LogP contribution in [0.2, 0.25) is 0 Å². The summed E-state index contributed by atoms with van der Waals surface area (Å²) in [6.45, 7) is 0.237. The van der Waals surface area contributed by atoms with Crippen LogP contribution in [0.4, 0.5) is 4.39 Å². The van der Waals surface area contributed by atoms with Crippen LogP contribution in [0.15, 0.2) is 16.6 Å². The monoisotopic (exact) mass is 363 g/mol. The minimum absolute atomic E-state index is 0.0560. The lowest BCUT2D eigenvalue weighted by Gasteiger charge is -2.11. The SMILES string of the molecule is O=C(O)CSCC(=O)NC1COc2cc(F)c(Br)cc21. The van der Waals surface area contributed by atoms with E-state index in [0.717, 1.165) is 11.8 Å². The summed E-state index contributed by atoms with van der Waals surface area (Å²) >= 11 is 4.11. The molecule has 0 radical (unpaired) electrons. The summed E-state index contributed by atoms with van der Waals surface area (Å²) in [5.74, 6) is -1.32. The third-order valence-electron chi connectivity index (χ3n) is 2.63. The van der Waals surface area contributed by atoms with Gasteiger partial charge in [0.2, 0.25) is 5.91 Å². The molecular weight excluding hydrogens is 353 g/mol. The first-order valence-corrected chi connectivity index (χ1v) is 7.63. The quantitative estimate of drug-likeness (QED) is 0.836. The Balaban J connectivity index is 1.95. The number of ether oxygens (including phenoxy) is 1. The molecule has 0 aliphatic carbocycles. The van der Waals surface area contributed by atoms with E-state index in [2.05, 4.69) is 21.2 Å². The second-order valence-electron chi connectivity index (χ2n) is 4.12. The van der Waals surface area contributed by atoms with Gasteiger partial charge in [0, 0.05) is 11.6 Å². The minimum atomic E-state index is -0.961. The number of carbonyl (C=O) groups excluding carboxylic acids is 1. The average molecular weight is 364 g/mol. The normalized spacial score (nSPS) is 16.4. The number of halogens is 2. The summed E-state index contributed by atoms with van der Waals surface area (Å²) in [5.41, 5.74) is 0.704. The van der Waals surface area contributed by atoms with E-state index in [-0.39, 0.29) is 30.1 Å². The molecule has 0 aromatic heterocycles. The van der Waals surface area contributed by atoms with E-state index in [1.807, 2.05) is 0 Å². The van der Waals surface area contributed by atoms with Gasteiger partial charge >= 0.3 is 5.97 Å². The van der Waals surface area contributed by atoms with Crippen LogP contribution in [0.25, 0.3) is 0 Å².